The molecule has 2 fully saturated rings. The van der Waals surface area contributed by atoms with Gasteiger partial charge in [0.15, 0.2) is 0 Å². The van der Waals surface area contributed by atoms with Crippen LogP contribution in [0.5, 0.6) is 0 Å². The zero-order chi connectivity index (χ0) is 14.9. The third kappa shape index (κ3) is 3.20. The van der Waals surface area contributed by atoms with Crippen LogP contribution in [0.15, 0.2) is 18.2 Å². The average molecular weight is 328 g/mol. The molecule has 1 amide bonds. The Hall–Kier alpha value is -0.770. The number of hydrogen-bond donors (Lipinski definition) is 1. The second kappa shape index (κ2) is 6.15. The van der Waals surface area contributed by atoms with Gasteiger partial charge in [-0.1, -0.05) is 48.5 Å². The molecule has 1 aliphatic carbocycles. The summed E-state index contributed by atoms with van der Waals surface area (Å²) in [6, 6.07) is 5.13. The maximum atomic E-state index is 12.4. The van der Waals surface area contributed by atoms with E-state index < -0.39 is 0 Å². The van der Waals surface area contributed by atoms with Gasteiger partial charge in [-0.2, -0.15) is 0 Å². The Morgan fingerprint density at radius 3 is 2.52 bits per heavy atom. The average Bonchev–Trinajstić information content (AvgIpc) is 2.82. The van der Waals surface area contributed by atoms with E-state index in [0.29, 0.717) is 22.2 Å². The molecule has 1 aromatic rings. The van der Waals surface area contributed by atoms with Crippen LogP contribution in [0.4, 0.5) is 0 Å². The van der Waals surface area contributed by atoms with E-state index in [9.17, 15) is 4.79 Å². The number of rotatable bonds is 2. The summed E-state index contributed by atoms with van der Waals surface area (Å²) in [6.45, 7) is 0.577. The molecule has 1 aliphatic heterocycles. The number of carbonyl (C=O) groups excluding carboxylic acids is 1. The van der Waals surface area contributed by atoms with Gasteiger partial charge in [0.25, 0.3) is 5.91 Å². The number of benzene rings is 1. The van der Waals surface area contributed by atoms with Crippen LogP contribution in [0.2, 0.25) is 10.0 Å². The summed E-state index contributed by atoms with van der Waals surface area (Å²) in [5, 5.41) is 3.78. The normalized spacial score (nSPS) is 24.2. The molecule has 1 saturated heterocycles. The van der Waals surface area contributed by atoms with Gasteiger partial charge in [0.2, 0.25) is 0 Å². The number of amides is 1. The zero-order valence-corrected chi connectivity index (χ0v) is 13.3. The largest absolute Gasteiger partial charge is 0.373 e. The minimum atomic E-state index is -0.216. The van der Waals surface area contributed by atoms with E-state index in [4.69, 9.17) is 27.9 Å². The van der Waals surface area contributed by atoms with Crippen molar-refractivity contribution in [2.24, 2.45) is 0 Å². The highest BCUT2D eigenvalue weighted by molar-refractivity contribution is 6.39. The second-order valence-corrected chi connectivity index (χ2v) is 6.84. The van der Waals surface area contributed by atoms with Crippen molar-refractivity contribution in [2.45, 2.75) is 50.2 Å². The lowest BCUT2D eigenvalue weighted by Gasteiger charge is -2.32. The fourth-order valence-electron chi connectivity index (χ4n) is 3.45. The molecule has 3 nitrogen and oxygen atoms in total. The fourth-order valence-corrected chi connectivity index (χ4v) is 4.02. The molecule has 0 aromatic heterocycles. The van der Waals surface area contributed by atoms with E-state index in [1.54, 1.807) is 18.2 Å². The van der Waals surface area contributed by atoms with Crippen LogP contribution in [0.1, 0.15) is 48.9 Å². The van der Waals surface area contributed by atoms with Crippen molar-refractivity contribution in [2.75, 3.05) is 6.61 Å². The van der Waals surface area contributed by atoms with Gasteiger partial charge in [-0.15, -0.1) is 0 Å². The van der Waals surface area contributed by atoms with Crippen LogP contribution in [0.25, 0.3) is 0 Å². The van der Waals surface area contributed by atoms with Gasteiger partial charge in [0.1, 0.15) is 0 Å². The van der Waals surface area contributed by atoms with Crippen molar-refractivity contribution < 1.29 is 9.53 Å². The Bertz CT molecular complexity index is 521. The van der Waals surface area contributed by atoms with E-state index in [-0.39, 0.29) is 17.6 Å². The summed E-state index contributed by atoms with van der Waals surface area (Å²) in [5.74, 6) is -0.216. The molecular weight excluding hydrogens is 309 g/mol. The molecule has 0 radical (unpaired) electrons. The molecule has 3 rings (SSSR count). The summed E-state index contributed by atoms with van der Waals surface area (Å²) in [4.78, 5) is 12.4. The predicted molar refractivity (Wildman–Crippen MR) is 84.1 cm³/mol. The van der Waals surface area contributed by atoms with Crippen molar-refractivity contribution in [3.8, 4) is 0 Å². The summed E-state index contributed by atoms with van der Waals surface area (Å²) >= 11 is 12.2. The predicted octanol–water partition coefficient (Wildman–Crippen LogP) is 4.22. The molecule has 0 bridgehead atoms. The summed E-state index contributed by atoms with van der Waals surface area (Å²) in [6.07, 6.45) is 6.82. The van der Waals surface area contributed by atoms with Crippen LogP contribution in [0, 0.1) is 0 Å². The minimum absolute atomic E-state index is 0.0134. The lowest BCUT2D eigenvalue weighted by molar-refractivity contribution is -0.0246. The van der Waals surface area contributed by atoms with Crippen LogP contribution in [-0.2, 0) is 4.74 Å². The number of ether oxygens (including phenoxy) is 1. The molecule has 114 valence electrons. The van der Waals surface area contributed by atoms with Gasteiger partial charge < -0.3 is 10.1 Å². The Kier molecular flexibility index (Phi) is 4.43. The minimum Gasteiger partial charge on any atom is -0.373 e. The third-order valence-corrected chi connectivity index (χ3v) is 5.13. The molecule has 1 spiro atoms. The lowest BCUT2D eigenvalue weighted by Crippen LogP contribution is -2.37. The summed E-state index contributed by atoms with van der Waals surface area (Å²) < 4.78 is 6.01. The van der Waals surface area contributed by atoms with Crippen molar-refractivity contribution in [1.29, 1.82) is 0 Å². The number of carbonyl (C=O) groups is 1. The molecule has 1 heterocycles. The Balaban J connectivity index is 1.66. The maximum Gasteiger partial charge on any atom is 0.254 e. The van der Waals surface area contributed by atoms with Crippen LogP contribution < -0.4 is 5.32 Å². The highest BCUT2D eigenvalue weighted by atomic mass is 35.5. The Morgan fingerprint density at radius 1 is 1.19 bits per heavy atom. The van der Waals surface area contributed by atoms with E-state index >= 15 is 0 Å². The second-order valence-electron chi connectivity index (χ2n) is 6.03. The van der Waals surface area contributed by atoms with Crippen LogP contribution in [0.3, 0.4) is 0 Å². The lowest BCUT2D eigenvalue weighted by atomic mass is 9.82. The third-order valence-electron chi connectivity index (χ3n) is 4.50. The molecule has 1 saturated carbocycles. The van der Waals surface area contributed by atoms with E-state index in [1.807, 2.05) is 0 Å². The fraction of sp³-hybridized carbons (Fsp3) is 0.562. The van der Waals surface area contributed by atoms with Crippen molar-refractivity contribution in [1.82, 2.24) is 5.32 Å². The zero-order valence-electron chi connectivity index (χ0n) is 11.8. The molecule has 1 N–H and O–H groups in total. The molecule has 1 atom stereocenters. The Morgan fingerprint density at radius 2 is 1.86 bits per heavy atom. The van der Waals surface area contributed by atoms with Gasteiger partial charge in [-0.25, -0.2) is 0 Å². The first-order chi connectivity index (χ1) is 10.1. The van der Waals surface area contributed by atoms with Gasteiger partial charge >= 0.3 is 0 Å². The van der Waals surface area contributed by atoms with Gasteiger partial charge in [-0.3, -0.25) is 4.79 Å². The SMILES string of the molecule is O=C(N[C@H]1COC2(CCCCC2)C1)c1c(Cl)cccc1Cl. The van der Waals surface area contributed by atoms with E-state index in [0.717, 1.165) is 19.3 Å². The van der Waals surface area contributed by atoms with Crippen LogP contribution in [-0.4, -0.2) is 24.2 Å². The highest BCUT2D eigenvalue weighted by Gasteiger charge is 2.41. The Labute approximate surface area is 135 Å². The summed E-state index contributed by atoms with van der Waals surface area (Å²) in [7, 11) is 0. The monoisotopic (exact) mass is 327 g/mol. The van der Waals surface area contributed by atoms with Crippen molar-refractivity contribution in [3.63, 3.8) is 0 Å². The number of nitrogens with one attached hydrogen (secondary N) is 1. The molecular formula is C16H19Cl2NO2. The first-order valence-electron chi connectivity index (χ1n) is 7.48. The quantitative estimate of drug-likeness (QED) is 0.883. The maximum absolute atomic E-state index is 12.4. The van der Waals surface area contributed by atoms with E-state index in [2.05, 4.69) is 5.32 Å². The van der Waals surface area contributed by atoms with E-state index in [1.165, 1.54) is 19.3 Å². The molecule has 1 aromatic carbocycles. The molecule has 0 unspecified atom stereocenters. The summed E-state index contributed by atoms with van der Waals surface area (Å²) in [5.41, 5.74) is 0.339. The first kappa shape index (κ1) is 15.1. The number of halogens is 2. The van der Waals surface area contributed by atoms with Gasteiger partial charge in [0, 0.05) is 0 Å². The highest BCUT2D eigenvalue weighted by Crippen LogP contribution is 2.39. The van der Waals surface area contributed by atoms with Gasteiger partial charge in [-0.05, 0) is 31.4 Å². The topological polar surface area (TPSA) is 38.3 Å². The molecule has 21 heavy (non-hydrogen) atoms. The standard InChI is InChI=1S/C16H19Cl2NO2/c17-12-5-4-6-13(18)14(12)15(20)19-11-9-16(21-10-11)7-2-1-3-8-16/h4-6,11H,1-3,7-10H2,(H,19,20)/t11-/m1/s1. The van der Waals surface area contributed by atoms with Crippen LogP contribution >= 0.6 is 23.2 Å². The van der Waals surface area contributed by atoms with Gasteiger partial charge in [0.05, 0.1) is 33.9 Å². The van der Waals surface area contributed by atoms with Crippen molar-refractivity contribution >= 4 is 29.1 Å². The molecule has 5 heteroatoms. The molecule has 2 aliphatic rings. The first-order valence-corrected chi connectivity index (χ1v) is 8.24. The number of hydrogen-bond acceptors (Lipinski definition) is 2. The van der Waals surface area contributed by atoms with Crippen molar-refractivity contribution in [3.05, 3.63) is 33.8 Å². The smallest absolute Gasteiger partial charge is 0.254 e.